The van der Waals surface area contributed by atoms with E-state index in [1.54, 1.807) is 7.11 Å². The highest BCUT2D eigenvalue weighted by Gasteiger charge is 2.21. The maximum absolute atomic E-state index is 5.96. The summed E-state index contributed by atoms with van der Waals surface area (Å²) in [6.07, 6.45) is 10.7. The van der Waals surface area contributed by atoms with E-state index in [9.17, 15) is 0 Å². The van der Waals surface area contributed by atoms with Gasteiger partial charge in [0.2, 0.25) is 0 Å². The third-order valence-electron chi connectivity index (χ3n) is 5.54. The van der Waals surface area contributed by atoms with Crippen LogP contribution in [0.4, 0.5) is 0 Å². The van der Waals surface area contributed by atoms with Crippen molar-refractivity contribution < 1.29 is 9.47 Å². The second-order valence-corrected chi connectivity index (χ2v) is 8.83. The second-order valence-electron chi connectivity index (χ2n) is 7.67. The van der Waals surface area contributed by atoms with Crippen molar-refractivity contribution in [1.29, 1.82) is 0 Å². The number of rotatable bonds is 9. The van der Waals surface area contributed by atoms with Crippen molar-refractivity contribution in [3.8, 4) is 0 Å². The quantitative estimate of drug-likeness (QED) is 0.387. The number of thiazole rings is 1. The number of nitrogens with one attached hydrogen (secondary N) is 1. The van der Waals surface area contributed by atoms with Crippen LogP contribution in [0, 0.1) is 0 Å². The molecule has 0 unspecified atom stereocenters. The fraction of sp³-hybridized carbons (Fsp3) is 0.810. The van der Waals surface area contributed by atoms with Crippen LogP contribution >= 0.6 is 11.3 Å². The highest BCUT2D eigenvalue weighted by atomic mass is 32.1. The van der Waals surface area contributed by atoms with Gasteiger partial charge in [-0.05, 0) is 51.4 Å². The Morgan fingerprint density at radius 3 is 2.79 bits per heavy atom. The van der Waals surface area contributed by atoms with Gasteiger partial charge in [0.25, 0.3) is 0 Å². The zero-order valence-corrected chi connectivity index (χ0v) is 18.4. The Morgan fingerprint density at radius 2 is 2.04 bits per heavy atom. The van der Waals surface area contributed by atoms with Gasteiger partial charge in [0.15, 0.2) is 5.96 Å². The molecular formula is C21H36N4O2S. The van der Waals surface area contributed by atoms with Gasteiger partial charge in [-0.1, -0.05) is 0 Å². The van der Waals surface area contributed by atoms with Gasteiger partial charge in [0.1, 0.15) is 0 Å². The first-order valence-corrected chi connectivity index (χ1v) is 11.7. The predicted molar refractivity (Wildman–Crippen MR) is 115 cm³/mol. The third-order valence-corrected chi connectivity index (χ3v) is 6.76. The van der Waals surface area contributed by atoms with E-state index < -0.39 is 0 Å². The van der Waals surface area contributed by atoms with Crippen LogP contribution < -0.4 is 5.32 Å². The molecule has 6 nitrogen and oxygen atoms in total. The van der Waals surface area contributed by atoms with Gasteiger partial charge in [0, 0.05) is 58.3 Å². The lowest BCUT2D eigenvalue weighted by atomic mass is 10.0. The Kier molecular flexibility index (Phi) is 9.02. The summed E-state index contributed by atoms with van der Waals surface area (Å²) in [7, 11) is 3.62. The zero-order chi connectivity index (χ0) is 19.6. The van der Waals surface area contributed by atoms with Gasteiger partial charge < -0.3 is 19.7 Å². The van der Waals surface area contributed by atoms with Crippen molar-refractivity contribution in [3.63, 3.8) is 0 Å². The molecule has 3 rings (SSSR count). The summed E-state index contributed by atoms with van der Waals surface area (Å²) in [5.41, 5.74) is 1.38. The van der Waals surface area contributed by atoms with Crippen molar-refractivity contribution in [3.05, 3.63) is 15.6 Å². The Hall–Kier alpha value is -1.18. The summed E-state index contributed by atoms with van der Waals surface area (Å²) in [4.78, 5) is 13.2. The van der Waals surface area contributed by atoms with Gasteiger partial charge in [-0.3, -0.25) is 4.99 Å². The van der Waals surface area contributed by atoms with Gasteiger partial charge in [-0.15, -0.1) is 11.3 Å². The maximum Gasteiger partial charge on any atom is 0.193 e. The summed E-state index contributed by atoms with van der Waals surface area (Å²) in [6.45, 7) is 4.54. The maximum atomic E-state index is 5.96. The summed E-state index contributed by atoms with van der Waals surface area (Å²) < 4.78 is 11.0. The Balaban J connectivity index is 1.32. The summed E-state index contributed by atoms with van der Waals surface area (Å²) >= 11 is 1.94. The van der Waals surface area contributed by atoms with Crippen molar-refractivity contribution in [1.82, 2.24) is 15.2 Å². The summed E-state index contributed by atoms with van der Waals surface area (Å²) in [5.74, 6) is 1.02. The molecule has 158 valence electrons. The first kappa shape index (κ1) is 21.5. The molecule has 0 radical (unpaired) electrons. The number of ether oxygens (including phenoxy) is 2. The highest BCUT2D eigenvalue weighted by Crippen LogP contribution is 2.27. The summed E-state index contributed by atoms with van der Waals surface area (Å²) in [5, 5.41) is 4.86. The van der Waals surface area contributed by atoms with Gasteiger partial charge >= 0.3 is 0 Å². The van der Waals surface area contributed by atoms with Crippen molar-refractivity contribution in [2.75, 3.05) is 47.0 Å². The Morgan fingerprint density at radius 1 is 1.21 bits per heavy atom. The predicted octanol–water partition coefficient (Wildman–Crippen LogP) is 3.05. The van der Waals surface area contributed by atoms with E-state index in [0.29, 0.717) is 6.10 Å². The highest BCUT2D eigenvalue weighted by molar-refractivity contribution is 7.11. The number of hydrogen-bond acceptors (Lipinski definition) is 5. The van der Waals surface area contributed by atoms with Crippen LogP contribution in [0.1, 0.15) is 54.1 Å². The lowest BCUT2D eigenvalue weighted by molar-refractivity contribution is 0.00991. The minimum atomic E-state index is 0.377. The lowest BCUT2D eigenvalue weighted by Gasteiger charge is -2.34. The number of methoxy groups -OCH3 is 1. The molecule has 1 fully saturated rings. The molecule has 0 amide bonds. The number of guanidine groups is 1. The molecule has 1 N–H and O–H groups in total. The van der Waals surface area contributed by atoms with E-state index >= 15 is 0 Å². The van der Waals surface area contributed by atoms with Crippen LogP contribution in [0.2, 0.25) is 0 Å². The monoisotopic (exact) mass is 408 g/mol. The molecule has 1 aliphatic heterocycles. The van der Waals surface area contributed by atoms with Crippen LogP contribution in [-0.4, -0.2) is 69.0 Å². The van der Waals surface area contributed by atoms with Gasteiger partial charge in [-0.2, -0.15) is 0 Å². The van der Waals surface area contributed by atoms with Gasteiger partial charge in [-0.25, -0.2) is 4.98 Å². The number of aryl methyl sites for hydroxylation is 3. The average molecular weight is 409 g/mol. The smallest absolute Gasteiger partial charge is 0.193 e. The largest absolute Gasteiger partial charge is 0.385 e. The van der Waals surface area contributed by atoms with Gasteiger partial charge in [0.05, 0.1) is 16.8 Å². The number of aromatic nitrogens is 1. The minimum absolute atomic E-state index is 0.377. The van der Waals surface area contributed by atoms with Crippen LogP contribution in [0.3, 0.4) is 0 Å². The van der Waals surface area contributed by atoms with E-state index in [-0.39, 0.29) is 0 Å². The molecule has 7 heteroatoms. The van der Waals surface area contributed by atoms with Crippen LogP contribution in [0.25, 0.3) is 0 Å². The molecule has 1 saturated heterocycles. The molecule has 0 aromatic carbocycles. The van der Waals surface area contributed by atoms with Crippen LogP contribution in [0.15, 0.2) is 4.99 Å². The minimum Gasteiger partial charge on any atom is -0.385 e. The number of fused-ring (bicyclic) bond motifs is 1. The fourth-order valence-corrected chi connectivity index (χ4v) is 5.17. The van der Waals surface area contributed by atoms with E-state index in [1.165, 1.54) is 41.3 Å². The molecule has 28 heavy (non-hydrogen) atoms. The molecule has 0 spiro atoms. The fourth-order valence-electron chi connectivity index (χ4n) is 3.97. The number of aliphatic imine (C=N–C) groups is 1. The van der Waals surface area contributed by atoms with Crippen molar-refractivity contribution in [2.24, 2.45) is 4.99 Å². The molecule has 1 aliphatic carbocycles. The van der Waals surface area contributed by atoms with Crippen molar-refractivity contribution >= 4 is 17.3 Å². The number of nitrogens with zero attached hydrogens (tertiary/aromatic N) is 3. The van der Waals surface area contributed by atoms with Crippen LogP contribution in [0.5, 0.6) is 0 Å². The molecule has 2 heterocycles. The van der Waals surface area contributed by atoms with Crippen molar-refractivity contribution in [2.45, 2.75) is 63.9 Å². The first-order chi connectivity index (χ1) is 13.8. The second kappa shape index (κ2) is 11.7. The lowest BCUT2D eigenvalue weighted by Crippen LogP contribution is -2.47. The standard InChI is InChI=1S/C21H36N4O2S/c1-22-21(25-13-10-17(11-14-25)27-16-6-15-26-2)23-12-5-9-20-24-18-7-3-4-8-19(18)28-20/h17H,3-16H2,1-2H3,(H,22,23). The zero-order valence-electron chi connectivity index (χ0n) is 17.5. The van der Waals surface area contributed by atoms with Crippen LogP contribution in [-0.2, 0) is 28.7 Å². The number of hydrogen-bond donors (Lipinski definition) is 1. The molecule has 0 saturated carbocycles. The van der Waals surface area contributed by atoms with E-state index in [0.717, 1.165) is 70.9 Å². The molecule has 2 aliphatic rings. The molecule has 1 aromatic heterocycles. The van der Waals surface area contributed by atoms with E-state index in [4.69, 9.17) is 14.5 Å². The number of piperidine rings is 1. The topological polar surface area (TPSA) is 59.0 Å². The summed E-state index contributed by atoms with van der Waals surface area (Å²) in [6, 6.07) is 0. The average Bonchev–Trinajstić information content (AvgIpc) is 3.15. The molecule has 0 atom stereocenters. The SMILES string of the molecule is CN=C(NCCCc1nc2c(s1)CCCC2)N1CCC(OCCCOC)CC1. The van der Waals surface area contributed by atoms with E-state index in [2.05, 4.69) is 15.2 Å². The Bertz CT molecular complexity index is 588. The molecular weight excluding hydrogens is 372 g/mol. The Labute approximate surface area is 173 Å². The first-order valence-electron chi connectivity index (χ1n) is 10.8. The number of likely N-dealkylation sites (tertiary alicyclic amines) is 1. The van der Waals surface area contributed by atoms with E-state index in [1.807, 2.05) is 18.4 Å². The molecule has 0 bridgehead atoms. The third kappa shape index (κ3) is 6.42. The normalized spacial score (nSPS) is 18.4. The molecule has 1 aromatic rings.